The number of carbonyl (C=O) groups excluding carboxylic acids is 1. The van der Waals surface area contributed by atoms with Crippen LogP contribution < -0.4 is 10.9 Å². The van der Waals surface area contributed by atoms with Crippen LogP contribution in [-0.4, -0.2) is 42.5 Å². The van der Waals surface area contributed by atoms with Crippen LogP contribution in [0.5, 0.6) is 0 Å². The van der Waals surface area contributed by atoms with Crippen molar-refractivity contribution in [2.24, 2.45) is 0 Å². The van der Waals surface area contributed by atoms with Crippen LogP contribution in [0.15, 0.2) is 11.0 Å². The zero-order chi connectivity index (χ0) is 16.8. The predicted octanol–water partition coefficient (Wildman–Crippen LogP) is 1.17. The molecular formula is C12H16F3N3O4. The van der Waals surface area contributed by atoms with Crippen molar-refractivity contribution >= 4 is 11.7 Å². The first kappa shape index (κ1) is 18.0. The van der Waals surface area contributed by atoms with Gasteiger partial charge in [-0.2, -0.15) is 18.3 Å². The number of H-pyrrole nitrogens is 1. The molecule has 0 unspecified atom stereocenters. The molecule has 0 aliphatic carbocycles. The Labute approximate surface area is 123 Å². The second-order valence-corrected chi connectivity index (χ2v) is 4.43. The molecule has 10 heteroatoms. The molecule has 1 aromatic rings. The minimum absolute atomic E-state index is 0.0427. The van der Waals surface area contributed by atoms with E-state index in [0.717, 1.165) is 6.20 Å². The second-order valence-electron chi connectivity index (χ2n) is 4.43. The van der Waals surface area contributed by atoms with Gasteiger partial charge in [-0.25, -0.2) is 5.10 Å². The quantitative estimate of drug-likeness (QED) is 0.578. The van der Waals surface area contributed by atoms with E-state index in [1.54, 1.807) is 12.0 Å². The van der Waals surface area contributed by atoms with Gasteiger partial charge < -0.3 is 14.8 Å². The second kappa shape index (κ2) is 7.78. The molecule has 7 nitrogen and oxygen atoms in total. The van der Waals surface area contributed by atoms with Gasteiger partial charge in [0.15, 0.2) is 0 Å². The fraction of sp³-hybridized carbons (Fsp3) is 0.583. The van der Waals surface area contributed by atoms with E-state index in [1.807, 2.05) is 0 Å². The molecule has 22 heavy (non-hydrogen) atoms. The number of methoxy groups -OCH3 is 1. The minimum atomic E-state index is -4.80. The summed E-state index contributed by atoms with van der Waals surface area (Å²) in [6.07, 6.45) is -3.87. The van der Waals surface area contributed by atoms with Crippen molar-refractivity contribution in [2.45, 2.75) is 25.6 Å². The number of nitrogens with one attached hydrogen (secondary N) is 2. The zero-order valence-electron chi connectivity index (χ0n) is 12.0. The van der Waals surface area contributed by atoms with Crippen molar-refractivity contribution in [3.63, 3.8) is 0 Å². The SMILES string of the molecule is COC(=O)CCOC[C@@H](C)Nc1cn[nH]c(=O)c1C(F)(F)F. The molecule has 0 saturated carbocycles. The molecule has 124 valence electrons. The van der Waals surface area contributed by atoms with Crippen molar-refractivity contribution in [2.75, 3.05) is 25.6 Å². The fourth-order valence-electron chi connectivity index (χ4n) is 1.61. The number of aromatic amines is 1. The van der Waals surface area contributed by atoms with Crippen molar-refractivity contribution in [1.29, 1.82) is 0 Å². The Balaban J connectivity index is 2.62. The molecule has 0 saturated heterocycles. The Bertz CT molecular complexity index is 559. The molecule has 0 fully saturated rings. The lowest BCUT2D eigenvalue weighted by Gasteiger charge is -2.18. The highest BCUT2D eigenvalue weighted by Crippen LogP contribution is 2.31. The smallest absolute Gasteiger partial charge is 0.423 e. The van der Waals surface area contributed by atoms with Crippen LogP contribution in [0, 0.1) is 0 Å². The highest BCUT2D eigenvalue weighted by atomic mass is 19.4. The third kappa shape index (κ3) is 5.35. The van der Waals surface area contributed by atoms with Gasteiger partial charge in [0.2, 0.25) is 0 Å². The first-order valence-corrected chi connectivity index (χ1v) is 6.31. The molecule has 1 atom stereocenters. The Morgan fingerprint density at radius 2 is 2.18 bits per heavy atom. The molecule has 1 aromatic heterocycles. The molecule has 0 radical (unpaired) electrons. The maximum absolute atomic E-state index is 12.8. The highest BCUT2D eigenvalue weighted by molar-refractivity contribution is 5.69. The number of halogens is 3. The number of ether oxygens (including phenoxy) is 2. The van der Waals surface area contributed by atoms with Crippen LogP contribution in [0.4, 0.5) is 18.9 Å². The van der Waals surface area contributed by atoms with Gasteiger partial charge in [0, 0.05) is 6.04 Å². The van der Waals surface area contributed by atoms with Crippen molar-refractivity contribution < 1.29 is 27.4 Å². The van der Waals surface area contributed by atoms with Gasteiger partial charge >= 0.3 is 12.1 Å². The van der Waals surface area contributed by atoms with E-state index in [-0.39, 0.29) is 19.6 Å². The van der Waals surface area contributed by atoms with Gasteiger partial charge in [0.1, 0.15) is 5.56 Å². The lowest BCUT2D eigenvalue weighted by atomic mass is 10.2. The summed E-state index contributed by atoms with van der Waals surface area (Å²) in [5.41, 5.74) is -3.10. The van der Waals surface area contributed by atoms with E-state index in [9.17, 15) is 22.8 Å². The van der Waals surface area contributed by atoms with Gasteiger partial charge in [0.25, 0.3) is 5.56 Å². The number of hydrogen-bond acceptors (Lipinski definition) is 6. The Morgan fingerprint density at radius 3 is 2.77 bits per heavy atom. The summed E-state index contributed by atoms with van der Waals surface area (Å²) in [6.45, 7) is 1.69. The summed E-state index contributed by atoms with van der Waals surface area (Å²) in [5.74, 6) is -0.446. The van der Waals surface area contributed by atoms with Crippen molar-refractivity contribution in [3.05, 3.63) is 22.1 Å². The first-order valence-electron chi connectivity index (χ1n) is 6.31. The van der Waals surface area contributed by atoms with E-state index >= 15 is 0 Å². The maximum Gasteiger partial charge on any atom is 0.423 e. The average molecular weight is 323 g/mol. The van der Waals surface area contributed by atoms with E-state index in [4.69, 9.17) is 4.74 Å². The first-order chi connectivity index (χ1) is 10.3. The zero-order valence-corrected chi connectivity index (χ0v) is 12.0. The Hall–Kier alpha value is -2.10. The molecule has 0 aliphatic rings. The lowest BCUT2D eigenvalue weighted by Crippen LogP contribution is -2.29. The van der Waals surface area contributed by atoms with Gasteiger partial charge in [-0.05, 0) is 6.92 Å². The minimum Gasteiger partial charge on any atom is -0.469 e. The average Bonchev–Trinajstić information content (AvgIpc) is 2.41. The lowest BCUT2D eigenvalue weighted by molar-refractivity contribution is -0.142. The Morgan fingerprint density at radius 1 is 1.50 bits per heavy atom. The number of alkyl halides is 3. The molecule has 0 bridgehead atoms. The summed E-state index contributed by atoms with van der Waals surface area (Å²) in [6, 6.07) is -0.526. The van der Waals surface area contributed by atoms with Crippen LogP contribution in [0.2, 0.25) is 0 Å². The molecule has 0 aromatic carbocycles. The van der Waals surface area contributed by atoms with Gasteiger partial charge in [0.05, 0.1) is 38.6 Å². The standard InChI is InChI=1S/C12H16F3N3O4/c1-7(6-22-4-3-9(19)21-2)17-8-5-16-18-11(20)10(8)12(13,14)15/h5,7H,3-4,6H2,1-2H3,(H2,17,18,20)/t7-/m1/s1. The van der Waals surface area contributed by atoms with E-state index in [0.29, 0.717) is 0 Å². The van der Waals surface area contributed by atoms with E-state index in [1.165, 1.54) is 7.11 Å². The molecule has 0 amide bonds. The third-order valence-electron chi connectivity index (χ3n) is 2.59. The summed E-state index contributed by atoms with van der Waals surface area (Å²) in [7, 11) is 1.24. The van der Waals surface area contributed by atoms with Crippen molar-refractivity contribution in [1.82, 2.24) is 10.2 Å². The van der Waals surface area contributed by atoms with Crippen LogP contribution in [-0.2, 0) is 20.4 Å². The highest BCUT2D eigenvalue weighted by Gasteiger charge is 2.37. The molecule has 1 heterocycles. The summed E-state index contributed by atoms with van der Waals surface area (Å²) >= 11 is 0. The number of carbonyl (C=O) groups is 1. The number of hydrogen-bond donors (Lipinski definition) is 2. The number of aromatic nitrogens is 2. The van der Waals surface area contributed by atoms with Gasteiger partial charge in [-0.1, -0.05) is 0 Å². The normalized spacial score (nSPS) is 12.8. The number of rotatable bonds is 7. The molecular weight excluding hydrogens is 307 g/mol. The fourth-order valence-corrected chi connectivity index (χ4v) is 1.61. The van der Waals surface area contributed by atoms with Gasteiger partial charge in [-0.3, -0.25) is 9.59 Å². The predicted molar refractivity (Wildman–Crippen MR) is 70.4 cm³/mol. The van der Waals surface area contributed by atoms with Crippen LogP contribution >= 0.6 is 0 Å². The molecule has 0 spiro atoms. The molecule has 0 aliphatic heterocycles. The summed E-state index contributed by atoms with van der Waals surface area (Å²) in [5, 5.41) is 7.60. The summed E-state index contributed by atoms with van der Waals surface area (Å²) < 4.78 is 48.0. The number of anilines is 1. The summed E-state index contributed by atoms with van der Waals surface area (Å²) in [4.78, 5) is 22.1. The maximum atomic E-state index is 12.8. The monoisotopic (exact) mass is 323 g/mol. The molecule has 2 N–H and O–H groups in total. The van der Waals surface area contributed by atoms with E-state index in [2.05, 4.69) is 15.2 Å². The Kier molecular flexibility index (Phi) is 6.35. The van der Waals surface area contributed by atoms with E-state index < -0.39 is 35.0 Å². The van der Waals surface area contributed by atoms with Crippen LogP contribution in [0.25, 0.3) is 0 Å². The number of nitrogens with zero attached hydrogens (tertiary/aromatic N) is 1. The largest absolute Gasteiger partial charge is 0.469 e. The van der Waals surface area contributed by atoms with Crippen molar-refractivity contribution in [3.8, 4) is 0 Å². The van der Waals surface area contributed by atoms with Gasteiger partial charge in [-0.15, -0.1) is 0 Å². The topological polar surface area (TPSA) is 93.3 Å². The van der Waals surface area contributed by atoms with Crippen LogP contribution in [0.1, 0.15) is 18.9 Å². The third-order valence-corrected chi connectivity index (χ3v) is 2.59. The number of esters is 1. The molecule has 1 rings (SSSR count). The van der Waals surface area contributed by atoms with Crippen LogP contribution in [0.3, 0.4) is 0 Å².